The van der Waals surface area contributed by atoms with E-state index < -0.39 is 0 Å². The molecule has 1 aliphatic rings. The van der Waals surface area contributed by atoms with Gasteiger partial charge in [0.15, 0.2) is 12.4 Å². The lowest BCUT2D eigenvalue weighted by Gasteiger charge is -2.15. The van der Waals surface area contributed by atoms with Crippen molar-refractivity contribution < 1.29 is 4.57 Å². The Hall–Kier alpha value is -0.310. The molecule has 1 fully saturated rings. The Balaban J connectivity index is 0. The highest BCUT2D eigenvalue weighted by molar-refractivity contribution is 5.85. The number of hydrogen-bond acceptors (Lipinski definition) is 1. The minimum absolute atomic E-state index is 0. The van der Waals surface area contributed by atoms with Crippen molar-refractivity contribution in [1.82, 2.24) is 0 Å². The molecular formula is C23H45Cl2N2+. The molecule has 0 aromatic carbocycles. The first-order valence-corrected chi connectivity index (χ1v) is 11.0. The SMILES string of the molecule is CCCCCCCCCCCC[n+]1ccccc1.Cl.Cl.NC1CCCCC1. The van der Waals surface area contributed by atoms with Gasteiger partial charge in [-0.15, -0.1) is 24.8 Å². The van der Waals surface area contributed by atoms with Crippen molar-refractivity contribution in [3.8, 4) is 0 Å². The van der Waals surface area contributed by atoms with E-state index in [1.54, 1.807) is 0 Å². The average Bonchev–Trinajstić information content (AvgIpc) is 2.65. The molecule has 0 amide bonds. The maximum atomic E-state index is 5.63. The molecular weight excluding hydrogens is 375 g/mol. The van der Waals surface area contributed by atoms with Crippen molar-refractivity contribution in [3.05, 3.63) is 30.6 Å². The van der Waals surface area contributed by atoms with Crippen LogP contribution < -0.4 is 10.3 Å². The Morgan fingerprint density at radius 1 is 0.704 bits per heavy atom. The summed E-state index contributed by atoms with van der Waals surface area (Å²) in [5.74, 6) is 0. The van der Waals surface area contributed by atoms with E-state index in [1.165, 1.54) is 103 Å². The van der Waals surface area contributed by atoms with E-state index in [-0.39, 0.29) is 24.8 Å². The molecule has 0 bridgehead atoms. The molecule has 2 rings (SSSR count). The molecule has 0 aliphatic heterocycles. The molecule has 0 spiro atoms. The number of unbranched alkanes of at least 4 members (excludes halogenated alkanes) is 9. The molecule has 1 aliphatic carbocycles. The molecule has 4 heteroatoms. The second-order valence-electron chi connectivity index (χ2n) is 7.69. The molecule has 1 heterocycles. The van der Waals surface area contributed by atoms with Crippen LogP contribution in [0, 0.1) is 0 Å². The topological polar surface area (TPSA) is 29.9 Å². The Labute approximate surface area is 181 Å². The van der Waals surface area contributed by atoms with Gasteiger partial charge in [0.2, 0.25) is 0 Å². The molecule has 0 radical (unpaired) electrons. The molecule has 1 saturated carbocycles. The highest BCUT2D eigenvalue weighted by Gasteiger charge is 2.06. The summed E-state index contributed by atoms with van der Waals surface area (Å²) in [7, 11) is 0. The minimum atomic E-state index is 0. The van der Waals surface area contributed by atoms with E-state index in [0.717, 1.165) is 0 Å². The fraction of sp³-hybridized carbons (Fsp3) is 0.783. The number of aryl methyl sites for hydroxylation is 1. The average molecular weight is 421 g/mol. The largest absolute Gasteiger partial charge is 0.328 e. The van der Waals surface area contributed by atoms with E-state index in [4.69, 9.17) is 5.73 Å². The van der Waals surface area contributed by atoms with Crippen molar-refractivity contribution in [2.45, 2.75) is 116 Å². The number of nitrogens with two attached hydrogens (primary N) is 1. The monoisotopic (exact) mass is 419 g/mol. The van der Waals surface area contributed by atoms with Gasteiger partial charge in [0.1, 0.15) is 6.54 Å². The lowest BCUT2D eigenvalue weighted by Crippen LogP contribution is -2.32. The van der Waals surface area contributed by atoms with Crippen LogP contribution in [-0.2, 0) is 6.54 Å². The normalized spacial score (nSPS) is 13.7. The van der Waals surface area contributed by atoms with Crippen LogP contribution in [0.1, 0.15) is 103 Å². The van der Waals surface area contributed by atoms with Crippen LogP contribution in [0.25, 0.3) is 0 Å². The van der Waals surface area contributed by atoms with E-state index in [1.807, 2.05) is 0 Å². The van der Waals surface area contributed by atoms with Crippen LogP contribution in [0.5, 0.6) is 0 Å². The van der Waals surface area contributed by atoms with Crippen molar-refractivity contribution >= 4 is 24.8 Å². The van der Waals surface area contributed by atoms with Gasteiger partial charge in [0.25, 0.3) is 0 Å². The van der Waals surface area contributed by atoms with Gasteiger partial charge in [-0.05, 0) is 19.3 Å². The molecule has 0 unspecified atom stereocenters. The summed E-state index contributed by atoms with van der Waals surface area (Å²) in [5, 5.41) is 0. The quantitative estimate of drug-likeness (QED) is 0.303. The maximum absolute atomic E-state index is 5.63. The number of rotatable bonds is 11. The predicted molar refractivity (Wildman–Crippen MR) is 124 cm³/mol. The Morgan fingerprint density at radius 2 is 1.19 bits per heavy atom. The van der Waals surface area contributed by atoms with Crippen LogP contribution in [0.15, 0.2) is 30.6 Å². The first-order chi connectivity index (χ1) is 12.3. The molecule has 2 N–H and O–H groups in total. The van der Waals surface area contributed by atoms with Crippen molar-refractivity contribution in [2.75, 3.05) is 0 Å². The Bertz CT molecular complexity index is 381. The second-order valence-corrected chi connectivity index (χ2v) is 7.69. The van der Waals surface area contributed by atoms with Crippen molar-refractivity contribution in [3.63, 3.8) is 0 Å². The molecule has 0 atom stereocenters. The highest BCUT2D eigenvalue weighted by atomic mass is 35.5. The minimum Gasteiger partial charge on any atom is -0.328 e. The first kappa shape index (κ1) is 28.9. The number of halogens is 2. The Kier molecular flexibility index (Phi) is 23.5. The zero-order valence-corrected chi connectivity index (χ0v) is 19.3. The highest BCUT2D eigenvalue weighted by Crippen LogP contribution is 2.14. The third-order valence-electron chi connectivity index (χ3n) is 5.20. The van der Waals surface area contributed by atoms with Crippen LogP contribution in [-0.4, -0.2) is 6.04 Å². The molecule has 160 valence electrons. The Morgan fingerprint density at radius 3 is 1.63 bits per heavy atom. The van der Waals surface area contributed by atoms with E-state index in [9.17, 15) is 0 Å². The van der Waals surface area contributed by atoms with Gasteiger partial charge in [-0.1, -0.05) is 83.6 Å². The molecule has 1 aromatic heterocycles. The van der Waals surface area contributed by atoms with Gasteiger partial charge < -0.3 is 5.73 Å². The number of aromatic nitrogens is 1. The molecule has 27 heavy (non-hydrogen) atoms. The standard InChI is InChI=1S/C17H30N.C6H13N.2ClH/c1-2-3-4-5-6-7-8-9-10-12-15-18-16-13-11-14-17-18;7-6-4-2-1-3-5-6;;/h11,13-14,16-17H,2-10,12,15H2,1H3;6H,1-5,7H2;2*1H/q+1;;;. The third-order valence-corrected chi connectivity index (χ3v) is 5.20. The zero-order chi connectivity index (χ0) is 18.0. The number of nitrogens with zero attached hydrogens (tertiary/aromatic N) is 1. The second kappa shape index (κ2) is 22.0. The summed E-state index contributed by atoms with van der Waals surface area (Å²) < 4.78 is 2.28. The van der Waals surface area contributed by atoms with Crippen molar-refractivity contribution in [1.29, 1.82) is 0 Å². The molecule has 0 saturated heterocycles. The summed E-state index contributed by atoms with van der Waals surface area (Å²) in [6.45, 7) is 3.46. The van der Waals surface area contributed by atoms with E-state index in [2.05, 4.69) is 42.1 Å². The fourth-order valence-corrected chi connectivity index (χ4v) is 3.50. The van der Waals surface area contributed by atoms with Gasteiger partial charge in [-0.3, -0.25) is 0 Å². The first-order valence-electron chi connectivity index (χ1n) is 11.0. The summed E-state index contributed by atoms with van der Waals surface area (Å²) >= 11 is 0. The number of hydrogen-bond donors (Lipinski definition) is 1. The van der Waals surface area contributed by atoms with Gasteiger partial charge in [0, 0.05) is 24.6 Å². The third kappa shape index (κ3) is 18.8. The van der Waals surface area contributed by atoms with Gasteiger partial charge in [0.05, 0.1) is 0 Å². The lowest BCUT2D eigenvalue weighted by molar-refractivity contribution is -0.697. The lowest BCUT2D eigenvalue weighted by atomic mass is 9.97. The predicted octanol–water partition coefficient (Wildman–Crippen LogP) is 7.02. The summed E-state index contributed by atoms with van der Waals surface area (Å²) in [5.41, 5.74) is 5.63. The van der Waals surface area contributed by atoms with E-state index in [0.29, 0.717) is 6.04 Å². The summed E-state index contributed by atoms with van der Waals surface area (Å²) in [6.07, 6.45) is 25.1. The number of pyridine rings is 1. The maximum Gasteiger partial charge on any atom is 0.168 e. The van der Waals surface area contributed by atoms with Gasteiger partial charge in [-0.25, -0.2) is 4.57 Å². The summed E-state index contributed by atoms with van der Waals surface area (Å²) in [6, 6.07) is 6.83. The van der Waals surface area contributed by atoms with Crippen LogP contribution in [0.4, 0.5) is 0 Å². The smallest absolute Gasteiger partial charge is 0.168 e. The van der Waals surface area contributed by atoms with Crippen LogP contribution >= 0.6 is 24.8 Å². The zero-order valence-electron chi connectivity index (χ0n) is 17.6. The van der Waals surface area contributed by atoms with Gasteiger partial charge >= 0.3 is 0 Å². The van der Waals surface area contributed by atoms with Crippen LogP contribution in [0.2, 0.25) is 0 Å². The molecule has 1 aromatic rings. The van der Waals surface area contributed by atoms with Gasteiger partial charge in [-0.2, -0.15) is 0 Å². The van der Waals surface area contributed by atoms with Crippen LogP contribution in [0.3, 0.4) is 0 Å². The summed E-state index contributed by atoms with van der Waals surface area (Å²) in [4.78, 5) is 0. The van der Waals surface area contributed by atoms with E-state index >= 15 is 0 Å². The molecule has 2 nitrogen and oxygen atoms in total. The van der Waals surface area contributed by atoms with Crippen molar-refractivity contribution in [2.24, 2.45) is 5.73 Å². The fourth-order valence-electron chi connectivity index (χ4n) is 3.50.